The van der Waals surface area contributed by atoms with Crippen LogP contribution >= 0.6 is 22.7 Å². The highest BCUT2D eigenvalue weighted by atomic mass is 32.1. The molecule has 1 aliphatic heterocycles. The summed E-state index contributed by atoms with van der Waals surface area (Å²) in [5.74, 6) is -0.186. The van der Waals surface area contributed by atoms with Crippen molar-refractivity contribution in [1.29, 1.82) is 0 Å². The molecule has 25 heavy (non-hydrogen) atoms. The Morgan fingerprint density at radius 2 is 2.20 bits per heavy atom. The van der Waals surface area contributed by atoms with Crippen LogP contribution in [0.3, 0.4) is 0 Å². The number of rotatable bonds is 4. The van der Waals surface area contributed by atoms with Gasteiger partial charge in [0.2, 0.25) is 5.91 Å². The van der Waals surface area contributed by atoms with E-state index in [2.05, 4.69) is 15.6 Å². The highest BCUT2D eigenvalue weighted by Crippen LogP contribution is 2.29. The molecule has 1 atom stereocenters. The van der Waals surface area contributed by atoms with Crippen LogP contribution in [-0.4, -0.2) is 16.8 Å². The Hall–Kier alpha value is -2.51. The predicted molar refractivity (Wildman–Crippen MR) is 100 cm³/mol. The quantitative estimate of drug-likeness (QED) is 0.734. The van der Waals surface area contributed by atoms with Gasteiger partial charge in [-0.15, -0.1) is 22.7 Å². The second kappa shape index (κ2) is 6.42. The summed E-state index contributed by atoms with van der Waals surface area (Å²) in [5.41, 5.74) is 3.22. The molecule has 0 bridgehead atoms. The Balaban J connectivity index is 1.48. The molecule has 2 aromatic heterocycles. The van der Waals surface area contributed by atoms with Crippen LogP contribution in [0.4, 0.5) is 5.69 Å². The van der Waals surface area contributed by atoms with E-state index in [0.717, 1.165) is 26.7 Å². The van der Waals surface area contributed by atoms with Gasteiger partial charge in [0, 0.05) is 11.1 Å². The number of hydrogen-bond donors (Lipinski definition) is 2. The maximum atomic E-state index is 12.5. The molecule has 0 radical (unpaired) electrons. The van der Waals surface area contributed by atoms with Crippen LogP contribution < -0.4 is 10.6 Å². The number of anilines is 1. The molecular weight excluding hydrogens is 354 g/mol. The molecule has 7 heteroatoms. The van der Waals surface area contributed by atoms with Crippen LogP contribution in [0.5, 0.6) is 0 Å². The van der Waals surface area contributed by atoms with Gasteiger partial charge in [0.25, 0.3) is 5.91 Å². The van der Waals surface area contributed by atoms with Crippen molar-refractivity contribution in [1.82, 2.24) is 10.3 Å². The fourth-order valence-electron chi connectivity index (χ4n) is 2.76. The van der Waals surface area contributed by atoms with Gasteiger partial charge in [0.15, 0.2) is 0 Å². The number of nitrogens with zero attached hydrogens (tertiary/aromatic N) is 1. The van der Waals surface area contributed by atoms with Gasteiger partial charge < -0.3 is 10.6 Å². The van der Waals surface area contributed by atoms with Gasteiger partial charge in [0.1, 0.15) is 10.7 Å². The third-order valence-electron chi connectivity index (χ3n) is 4.07. The highest BCUT2D eigenvalue weighted by Gasteiger charge is 2.20. The van der Waals surface area contributed by atoms with Crippen molar-refractivity contribution in [2.45, 2.75) is 19.4 Å². The van der Waals surface area contributed by atoms with Gasteiger partial charge in [-0.25, -0.2) is 4.98 Å². The number of carbonyl (C=O) groups excluding carboxylic acids is 2. The summed E-state index contributed by atoms with van der Waals surface area (Å²) >= 11 is 3.07. The number of thiophene rings is 1. The van der Waals surface area contributed by atoms with Crippen LogP contribution in [0.25, 0.3) is 9.88 Å². The number of aromatic nitrogens is 1. The molecule has 5 nitrogen and oxygen atoms in total. The minimum Gasteiger partial charge on any atom is -0.344 e. The smallest absolute Gasteiger partial charge is 0.271 e. The van der Waals surface area contributed by atoms with E-state index in [-0.39, 0.29) is 17.9 Å². The largest absolute Gasteiger partial charge is 0.344 e. The number of hydrogen-bond acceptors (Lipinski definition) is 5. The topological polar surface area (TPSA) is 71.1 Å². The van der Waals surface area contributed by atoms with Gasteiger partial charge in [-0.3, -0.25) is 9.59 Å². The lowest BCUT2D eigenvalue weighted by Crippen LogP contribution is -2.26. The lowest BCUT2D eigenvalue weighted by Gasteiger charge is -2.14. The molecule has 0 saturated heterocycles. The standard InChI is InChI=1S/C18H15N3O2S2/c1-10(11-4-5-13-12(7-11)8-16(22)20-13)19-17(23)14-9-25-18(21-14)15-3-2-6-24-15/h2-7,9-10H,8H2,1H3,(H,19,23)(H,20,22)/t10-/m0/s1. The minimum atomic E-state index is -0.193. The Kier molecular flexibility index (Phi) is 4.10. The molecule has 0 saturated carbocycles. The zero-order valence-corrected chi connectivity index (χ0v) is 15.0. The summed E-state index contributed by atoms with van der Waals surface area (Å²) in [6.07, 6.45) is 0.389. The minimum absolute atomic E-state index is 0.00687. The molecule has 0 aliphatic carbocycles. The lowest BCUT2D eigenvalue weighted by atomic mass is 10.0. The summed E-state index contributed by atoms with van der Waals surface area (Å²) in [6, 6.07) is 9.57. The van der Waals surface area contributed by atoms with Crippen LogP contribution in [0.2, 0.25) is 0 Å². The Morgan fingerprint density at radius 1 is 1.32 bits per heavy atom. The van der Waals surface area contributed by atoms with E-state index in [1.54, 1.807) is 16.7 Å². The maximum absolute atomic E-state index is 12.5. The summed E-state index contributed by atoms with van der Waals surface area (Å²) in [6.45, 7) is 1.93. The van der Waals surface area contributed by atoms with Gasteiger partial charge in [-0.1, -0.05) is 18.2 Å². The van der Waals surface area contributed by atoms with E-state index in [1.807, 2.05) is 42.6 Å². The molecule has 2 N–H and O–H groups in total. The molecule has 1 aromatic carbocycles. The van der Waals surface area contributed by atoms with Gasteiger partial charge in [-0.2, -0.15) is 0 Å². The molecule has 3 heterocycles. The molecule has 0 unspecified atom stereocenters. The number of amides is 2. The Morgan fingerprint density at radius 3 is 3.00 bits per heavy atom. The maximum Gasteiger partial charge on any atom is 0.271 e. The fraction of sp³-hybridized carbons (Fsp3) is 0.167. The average molecular weight is 369 g/mol. The van der Waals surface area contributed by atoms with Crippen molar-refractivity contribution in [2.75, 3.05) is 5.32 Å². The number of benzene rings is 1. The van der Waals surface area contributed by atoms with Crippen LogP contribution in [0.1, 0.15) is 34.6 Å². The van der Waals surface area contributed by atoms with E-state index in [0.29, 0.717) is 12.1 Å². The zero-order chi connectivity index (χ0) is 17.4. The summed E-state index contributed by atoms with van der Waals surface area (Å²) in [4.78, 5) is 29.4. The lowest BCUT2D eigenvalue weighted by molar-refractivity contribution is -0.115. The van der Waals surface area contributed by atoms with E-state index >= 15 is 0 Å². The first-order valence-corrected chi connectivity index (χ1v) is 9.59. The fourth-order valence-corrected chi connectivity index (χ4v) is 4.38. The molecule has 0 fully saturated rings. The molecular formula is C18H15N3O2S2. The Labute approximate surface area is 152 Å². The average Bonchev–Trinajstić information content (AvgIpc) is 3.32. The van der Waals surface area contributed by atoms with Gasteiger partial charge >= 0.3 is 0 Å². The van der Waals surface area contributed by atoms with Crippen molar-refractivity contribution in [3.63, 3.8) is 0 Å². The summed E-state index contributed by atoms with van der Waals surface area (Å²) < 4.78 is 0. The molecule has 3 aromatic rings. The highest BCUT2D eigenvalue weighted by molar-refractivity contribution is 7.20. The third kappa shape index (κ3) is 3.20. The molecule has 1 aliphatic rings. The summed E-state index contributed by atoms with van der Waals surface area (Å²) in [7, 11) is 0. The van der Waals surface area contributed by atoms with Crippen molar-refractivity contribution in [3.8, 4) is 9.88 Å². The molecule has 0 spiro atoms. The Bertz CT molecular complexity index is 947. The zero-order valence-electron chi connectivity index (χ0n) is 13.4. The molecule has 126 valence electrons. The first-order chi connectivity index (χ1) is 12.1. The van der Waals surface area contributed by atoms with Crippen molar-refractivity contribution in [2.24, 2.45) is 0 Å². The van der Waals surface area contributed by atoms with Crippen molar-refractivity contribution in [3.05, 3.63) is 57.9 Å². The van der Waals surface area contributed by atoms with E-state index in [4.69, 9.17) is 0 Å². The van der Waals surface area contributed by atoms with E-state index in [9.17, 15) is 9.59 Å². The normalized spacial score (nSPS) is 14.0. The van der Waals surface area contributed by atoms with Gasteiger partial charge in [-0.05, 0) is 35.6 Å². The first kappa shape index (κ1) is 16.0. The first-order valence-electron chi connectivity index (χ1n) is 7.83. The van der Waals surface area contributed by atoms with E-state index in [1.165, 1.54) is 11.3 Å². The van der Waals surface area contributed by atoms with E-state index < -0.39 is 0 Å². The third-order valence-corrected chi connectivity index (χ3v) is 5.95. The monoisotopic (exact) mass is 369 g/mol. The van der Waals surface area contributed by atoms with Gasteiger partial charge in [0.05, 0.1) is 17.3 Å². The number of thiazole rings is 1. The number of carbonyl (C=O) groups is 2. The molecule has 2 amide bonds. The summed E-state index contributed by atoms with van der Waals surface area (Å²) in [5, 5.41) is 10.4. The SMILES string of the molecule is C[C@H](NC(=O)c1csc(-c2cccs2)n1)c1ccc2c(c1)CC(=O)N2. The second-order valence-electron chi connectivity index (χ2n) is 5.85. The number of fused-ring (bicyclic) bond motifs is 1. The number of nitrogens with one attached hydrogen (secondary N) is 2. The van der Waals surface area contributed by atoms with Crippen LogP contribution in [0.15, 0.2) is 41.1 Å². The van der Waals surface area contributed by atoms with Crippen molar-refractivity contribution < 1.29 is 9.59 Å². The second-order valence-corrected chi connectivity index (χ2v) is 7.66. The predicted octanol–water partition coefficient (Wildman–Crippen LogP) is 3.86. The van der Waals surface area contributed by atoms with Crippen LogP contribution in [0, 0.1) is 0 Å². The molecule has 4 rings (SSSR count). The van der Waals surface area contributed by atoms with Crippen molar-refractivity contribution >= 4 is 40.2 Å². The van der Waals surface area contributed by atoms with Crippen LogP contribution in [-0.2, 0) is 11.2 Å².